The number of rotatable bonds is 2. The van der Waals surface area contributed by atoms with Crippen molar-refractivity contribution in [3.05, 3.63) is 57.8 Å². The second-order valence-electron chi connectivity index (χ2n) is 3.91. The Kier molecular flexibility index (Phi) is 5.18. The Labute approximate surface area is 131 Å². The number of anilines is 1. The van der Waals surface area contributed by atoms with Crippen LogP contribution in [0.3, 0.4) is 0 Å². The Hall–Kier alpha value is -2.06. The van der Waals surface area contributed by atoms with Crippen LogP contribution in [0.15, 0.2) is 36.5 Å². The molecule has 2 rings (SSSR count). The predicted molar refractivity (Wildman–Crippen MR) is 82.6 cm³/mol. The summed E-state index contributed by atoms with van der Waals surface area (Å²) in [4.78, 5) is 16.3. The lowest BCUT2D eigenvalue weighted by Gasteiger charge is -2.08. The number of carbonyl (C=O) groups excluding carboxylic acids is 1. The fourth-order valence-corrected chi connectivity index (χ4v) is 1.95. The highest BCUT2D eigenvalue weighted by molar-refractivity contribution is 6.44. The number of nitrogens with zero attached hydrogens (tertiary/aromatic N) is 1. The molecule has 0 saturated heterocycles. The molecule has 0 bridgehead atoms. The zero-order valence-corrected chi connectivity index (χ0v) is 12.2. The minimum absolute atomic E-state index is 0.148. The molecule has 1 amide bonds. The van der Waals surface area contributed by atoms with Gasteiger partial charge in [-0.1, -0.05) is 41.1 Å². The number of carbonyl (C=O) groups is 1. The van der Waals surface area contributed by atoms with Crippen molar-refractivity contribution in [2.75, 3.05) is 11.9 Å². The Bertz CT molecular complexity index is 736. The third kappa shape index (κ3) is 3.73. The van der Waals surface area contributed by atoms with E-state index in [4.69, 9.17) is 28.3 Å². The zero-order valence-electron chi connectivity index (χ0n) is 10.7. The topological polar surface area (TPSA) is 62.2 Å². The van der Waals surface area contributed by atoms with E-state index >= 15 is 0 Å². The molecule has 0 aliphatic rings. The van der Waals surface area contributed by atoms with Crippen molar-refractivity contribution >= 4 is 34.8 Å². The largest absolute Gasteiger partial charge is 0.384 e. The highest BCUT2D eigenvalue weighted by Crippen LogP contribution is 2.29. The summed E-state index contributed by atoms with van der Waals surface area (Å²) < 4.78 is 0. The van der Waals surface area contributed by atoms with Gasteiger partial charge in [-0.15, -0.1) is 0 Å². The van der Waals surface area contributed by atoms with Crippen LogP contribution in [0, 0.1) is 11.8 Å². The van der Waals surface area contributed by atoms with Crippen LogP contribution in [0.5, 0.6) is 0 Å². The van der Waals surface area contributed by atoms with Crippen LogP contribution in [-0.2, 0) is 0 Å². The maximum absolute atomic E-state index is 12.3. The average molecular weight is 321 g/mol. The van der Waals surface area contributed by atoms with Gasteiger partial charge in [0.25, 0.3) is 5.91 Å². The number of halogens is 2. The number of benzene rings is 1. The molecule has 0 aliphatic carbocycles. The van der Waals surface area contributed by atoms with Crippen molar-refractivity contribution in [2.24, 2.45) is 0 Å². The Balaban J connectivity index is 2.31. The summed E-state index contributed by atoms with van der Waals surface area (Å²) in [6, 6.07) is 8.23. The molecule has 21 heavy (non-hydrogen) atoms. The summed E-state index contributed by atoms with van der Waals surface area (Å²) in [5, 5.41) is 12.0. The van der Waals surface area contributed by atoms with Gasteiger partial charge in [0.1, 0.15) is 12.3 Å². The lowest BCUT2D eigenvalue weighted by molar-refractivity contribution is 0.102. The highest BCUT2D eigenvalue weighted by atomic mass is 35.5. The van der Waals surface area contributed by atoms with Gasteiger partial charge in [-0.25, -0.2) is 4.98 Å². The van der Waals surface area contributed by atoms with Crippen LogP contribution >= 0.6 is 23.2 Å². The van der Waals surface area contributed by atoms with Crippen LogP contribution in [-0.4, -0.2) is 22.6 Å². The number of pyridine rings is 1. The third-order valence-electron chi connectivity index (χ3n) is 2.52. The van der Waals surface area contributed by atoms with Gasteiger partial charge in [-0.05, 0) is 24.3 Å². The summed E-state index contributed by atoms with van der Waals surface area (Å²) in [5.41, 5.74) is 0.956. The quantitative estimate of drug-likeness (QED) is 0.836. The number of aliphatic hydroxyl groups excluding tert-OH is 1. The van der Waals surface area contributed by atoms with Crippen LogP contribution in [0.1, 0.15) is 16.1 Å². The van der Waals surface area contributed by atoms with E-state index in [9.17, 15) is 4.79 Å². The Morgan fingerprint density at radius 1 is 1.29 bits per heavy atom. The molecule has 0 spiro atoms. The molecule has 1 aromatic carbocycles. The molecule has 0 radical (unpaired) electrons. The van der Waals surface area contributed by atoms with Crippen molar-refractivity contribution < 1.29 is 9.90 Å². The van der Waals surface area contributed by atoms with Crippen molar-refractivity contribution in [3.63, 3.8) is 0 Å². The number of amides is 1. The van der Waals surface area contributed by atoms with Gasteiger partial charge in [0.15, 0.2) is 0 Å². The minimum Gasteiger partial charge on any atom is -0.384 e. The third-order valence-corrected chi connectivity index (χ3v) is 3.34. The number of aromatic nitrogens is 1. The lowest BCUT2D eigenvalue weighted by Crippen LogP contribution is -2.15. The molecule has 106 valence electrons. The minimum atomic E-state index is -0.456. The molecule has 2 N–H and O–H groups in total. The van der Waals surface area contributed by atoms with E-state index < -0.39 is 5.91 Å². The highest BCUT2D eigenvalue weighted by Gasteiger charge is 2.14. The van der Waals surface area contributed by atoms with Crippen LogP contribution in [0.4, 0.5) is 5.69 Å². The van der Waals surface area contributed by atoms with E-state index in [1.165, 1.54) is 6.20 Å². The molecule has 0 fully saturated rings. The van der Waals surface area contributed by atoms with E-state index in [1.54, 1.807) is 30.3 Å². The van der Waals surface area contributed by atoms with E-state index in [-0.39, 0.29) is 17.3 Å². The van der Waals surface area contributed by atoms with E-state index in [2.05, 4.69) is 22.1 Å². The maximum Gasteiger partial charge on any atom is 0.275 e. The fraction of sp³-hybridized carbons (Fsp3) is 0.0667. The Morgan fingerprint density at radius 2 is 2.10 bits per heavy atom. The van der Waals surface area contributed by atoms with E-state index in [1.807, 2.05) is 0 Å². The fourth-order valence-electron chi connectivity index (χ4n) is 1.60. The molecule has 1 aromatic heterocycles. The first-order valence-electron chi connectivity index (χ1n) is 5.93. The molecule has 0 atom stereocenters. The zero-order chi connectivity index (χ0) is 15.2. The second kappa shape index (κ2) is 7.09. The standard InChI is InChI=1S/C15H10Cl2N2O2/c16-11-6-1-7-12(13(11)17)19-15(21)14-10(5-3-9-20)4-2-8-18-14/h1-2,4,6-8,20H,9H2,(H,19,21). The molecule has 1 heterocycles. The number of hydrogen-bond donors (Lipinski definition) is 2. The van der Waals surface area contributed by atoms with Crippen LogP contribution < -0.4 is 5.32 Å². The molecular weight excluding hydrogens is 311 g/mol. The monoisotopic (exact) mass is 320 g/mol. The Morgan fingerprint density at radius 3 is 2.86 bits per heavy atom. The molecule has 0 aliphatic heterocycles. The summed E-state index contributed by atoms with van der Waals surface area (Å²) in [6.07, 6.45) is 1.48. The first-order chi connectivity index (χ1) is 10.1. The van der Waals surface area contributed by atoms with Gasteiger partial charge in [-0.3, -0.25) is 4.79 Å². The first kappa shape index (κ1) is 15.3. The van der Waals surface area contributed by atoms with Crippen LogP contribution in [0.25, 0.3) is 0 Å². The van der Waals surface area contributed by atoms with Gasteiger partial charge >= 0.3 is 0 Å². The summed E-state index contributed by atoms with van der Waals surface area (Å²) in [6.45, 7) is -0.296. The SMILES string of the molecule is O=C(Nc1cccc(Cl)c1Cl)c1ncccc1C#CCO. The van der Waals surface area contributed by atoms with Gasteiger partial charge in [0.2, 0.25) is 0 Å². The molecule has 6 heteroatoms. The van der Waals surface area contributed by atoms with Crippen molar-refractivity contribution in [2.45, 2.75) is 0 Å². The van der Waals surface area contributed by atoms with Gasteiger partial charge in [0.05, 0.1) is 21.3 Å². The van der Waals surface area contributed by atoms with Crippen LogP contribution in [0.2, 0.25) is 10.0 Å². The predicted octanol–water partition coefficient (Wildman–Crippen LogP) is 2.98. The van der Waals surface area contributed by atoms with E-state index in [0.717, 1.165) is 0 Å². The first-order valence-corrected chi connectivity index (χ1v) is 6.69. The van der Waals surface area contributed by atoms with E-state index in [0.29, 0.717) is 16.3 Å². The second-order valence-corrected chi connectivity index (χ2v) is 4.70. The van der Waals surface area contributed by atoms with Crippen molar-refractivity contribution in [1.82, 2.24) is 4.98 Å². The number of nitrogens with one attached hydrogen (secondary N) is 1. The van der Waals surface area contributed by atoms with Crippen molar-refractivity contribution in [1.29, 1.82) is 0 Å². The molecule has 4 nitrogen and oxygen atoms in total. The van der Waals surface area contributed by atoms with Gasteiger partial charge < -0.3 is 10.4 Å². The maximum atomic E-state index is 12.3. The summed E-state index contributed by atoms with van der Waals surface area (Å²) in [5.74, 6) is 4.70. The lowest BCUT2D eigenvalue weighted by atomic mass is 10.2. The number of hydrogen-bond acceptors (Lipinski definition) is 3. The smallest absolute Gasteiger partial charge is 0.275 e. The molecular formula is C15H10Cl2N2O2. The van der Waals surface area contributed by atoms with Crippen molar-refractivity contribution in [3.8, 4) is 11.8 Å². The summed E-state index contributed by atoms with van der Waals surface area (Å²) in [7, 11) is 0. The molecule has 0 unspecified atom stereocenters. The number of aliphatic hydroxyl groups is 1. The van der Waals surface area contributed by atoms with Gasteiger partial charge in [-0.2, -0.15) is 0 Å². The summed E-state index contributed by atoms with van der Waals surface area (Å²) >= 11 is 11.9. The molecule has 2 aromatic rings. The molecule has 0 saturated carbocycles. The van der Waals surface area contributed by atoms with Gasteiger partial charge in [0, 0.05) is 6.20 Å². The average Bonchev–Trinajstić information content (AvgIpc) is 2.50. The normalized spacial score (nSPS) is 9.67.